The van der Waals surface area contributed by atoms with E-state index in [0.29, 0.717) is 22.6 Å². The number of aromatic nitrogens is 4. The Hall–Kier alpha value is -2.46. The molecule has 34 heavy (non-hydrogen) atoms. The van der Waals surface area contributed by atoms with Gasteiger partial charge in [-0.2, -0.15) is 17.9 Å². The number of alkyl halides is 3. The Bertz CT molecular complexity index is 1050. The van der Waals surface area contributed by atoms with Gasteiger partial charge in [0.2, 0.25) is 0 Å². The summed E-state index contributed by atoms with van der Waals surface area (Å²) < 4.78 is 52.6. The van der Waals surface area contributed by atoms with Crippen molar-refractivity contribution in [1.29, 1.82) is 0 Å². The van der Waals surface area contributed by atoms with Crippen LogP contribution >= 0.6 is 0 Å². The predicted octanol–water partition coefficient (Wildman–Crippen LogP) is 4.52. The van der Waals surface area contributed by atoms with E-state index in [1.807, 2.05) is 0 Å². The third-order valence-electron chi connectivity index (χ3n) is 7.26. The molecule has 1 unspecified atom stereocenters. The summed E-state index contributed by atoms with van der Waals surface area (Å²) in [6.07, 6.45) is 6.14. The molecule has 1 saturated carbocycles. The van der Waals surface area contributed by atoms with Crippen molar-refractivity contribution >= 4 is 5.57 Å². The van der Waals surface area contributed by atoms with Crippen molar-refractivity contribution in [2.24, 2.45) is 5.92 Å². The number of likely N-dealkylation sites (tertiary alicyclic amines) is 1. The van der Waals surface area contributed by atoms with Gasteiger partial charge in [0.15, 0.2) is 0 Å². The predicted molar refractivity (Wildman–Crippen MR) is 120 cm³/mol. The quantitative estimate of drug-likeness (QED) is 0.631. The van der Waals surface area contributed by atoms with E-state index in [1.165, 1.54) is 38.2 Å². The Morgan fingerprint density at radius 2 is 2.00 bits per heavy atom. The van der Waals surface area contributed by atoms with Gasteiger partial charge in [-0.25, -0.2) is 0 Å². The first-order valence-corrected chi connectivity index (χ1v) is 12.0. The average molecular weight is 478 g/mol. The zero-order valence-corrected chi connectivity index (χ0v) is 19.4. The molecular weight excluding hydrogens is 447 g/mol. The van der Waals surface area contributed by atoms with E-state index in [1.54, 1.807) is 19.2 Å². The van der Waals surface area contributed by atoms with Gasteiger partial charge in [0.05, 0.1) is 19.4 Å². The highest BCUT2D eigenvalue weighted by atomic mass is 19.4. The van der Waals surface area contributed by atoms with Gasteiger partial charge in [0.25, 0.3) is 5.82 Å². The van der Waals surface area contributed by atoms with Crippen molar-refractivity contribution in [3.05, 3.63) is 35.7 Å². The first-order valence-electron chi connectivity index (χ1n) is 12.0. The summed E-state index contributed by atoms with van der Waals surface area (Å²) in [6, 6.07) is 4.81. The van der Waals surface area contributed by atoms with Crippen molar-refractivity contribution in [3.63, 3.8) is 0 Å². The van der Waals surface area contributed by atoms with E-state index in [9.17, 15) is 13.2 Å². The van der Waals surface area contributed by atoms with Crippen molar-refractivity contribution in [2.45, 2.75) is 56.7 Å². The van der Waals surface area contributed by atoms with Crippen LogP contribution in [0.25, 0.3) is 11.3 Å². The Balaban J connectivity index is 1.40. The maximum atomic E-state index is 13.3. The molecule has 7 nitrogen and oxygen atoms in total. The molecule has 0 radical (unpaired) electrons. The van der Waals surface area contributed by atoms with Gasteiger partial charge in [-0.3, -0.25) is 4.90 Å². The molecule has 5 rings (SSSR count). The minimum absolute atomic E-state index is 0.220. The zero-order valence-electron chi connectivity index (χ0n) is 19.4. The second-order valence-electron chi connectivity index (χ2n) is 9.66. The lowest BCUT2D eigenvalue weighted by Gasteiger charge is -2.40. The largest absolute Gasteiger partial charge is 0.496 e. The minimum atomic E-state index is -4.66. The Morgan fingerprint density at radius 1 is 1.18 bits per heavy atom. The van der Waals surface area contributed by atoms with Crippen LogP contribution in [-0.4, -0.2) is 64.1 Å². The van der Waals surface area contributed by atoms with Crippen LogP contribution in [0.4, 0.5) is 13.2 Å². The highest BCUT2D eigenvalue weighted by Gasteiger charge is 2.41. The van der Waals surface area contributed by atoms with E-state index in [4.69, 9.17) is 9.47 Å². The number of nitrogens with zero attached hydrogens (tertiary/aromatic N) is 5. The summed E-state index contributed by atoms with van der Waals surface area (Å²) in [5.74, 6) is 0.180. The summed E-state index contributed by atoms with van der Waals surface area (Å²) in [4.78, 5) is 2.53. The molecule has 1 spiro atoms. The average Bonchev–Trinajstić information content (AvgIpc) is 3.47. The molecule has 1 aliphatic carbocycles. The molecule has 1 saturated heterocycles. The number of methoxy groups -OCH3 is 1. The second-order valence-corrected chi connectivity index (χ2v) is 9.66. The number of hydrogen-bond donors (Lipinski definition) is 0. The number of ether oxygens (including phenoxy) is 2. The standard InChI is InChI=1S/C24H30F3N5O2/c1-33-21-9-8-19(32-22(24(25,26)27)28-29-30-32)12-20(21)18-13-23(34-15-18)10-5-11-31(16-23)14-17-6-3-2-4-7-17/h8-9,12-13,17H,2-7,10-11,14-16H2,1H3. The first kappa shape index (κ1) is 23.3. The van der Waals surface area contributed by atoms with Crippen LogP contribution in [0.3, 0.4) is 0 Å². The first-order chi connectivity index (χ1) is 16.4. The Morgan fingerprint density at radius 3 is 2.76 bits per heavy atom. The van der Waals surface area contributed by atoms with Gasteiger partial charge in [0.1, 0.15) is 11.4 Å². The fourth-order valence-electron chi connectivity index (χ4n) is 5.66. The number of tetrazole rings is 1. The molecule has 0 amide bonds. The molecule has 2 fully saturated rings. The number of benzene rings is 1. The molecule has 1 aromatic heterocycles. The summed E-state index contributed by atoms with van der Waals surface area (Å²) in [5.41, 5.74) is 1.47. The van der Waals surface area contributed by atoms with Gasteiger partial charge >= 0.3 is 6.18 Å². The molecule has 1 aromatic carbocycles. The number of halogens is 3. The summed E-state index contributed by atoms with van der Waals surface area (Å²) in [6.45, 7) is 3.44. The van der Waals surface area contributed by atoms with Crippen LogP contribution in [0.1, 0.15) is 56.3 Å². The molecule has 1 atom stereocenters. The fraction of sp³-hybridized carbons (Fsp3) is 0.625. The third kappa shape index (κ3) is 4.70. The molecule has 3 aliphatic rings. The summed E-state index contributed by atoms with van der Waals surface area (Å²) in [7, 11) is 1.55. The number of hydrogen-bond acceptors (Lipinski definition) is 6. The van der Waals surface area contributed by atoms with E-state index in [0.717, 1.165) is 44.0 Å². The molecule has 2 aliphatic heterocycles. The van der Waals surface area contributed by atoms with E-state index in [2.05, 4.69) is 26.5 Å². The lowest BCUT2D eigenvalue weighted by Crippen LogP contribution is -2.48. The van der Waals surface area contributed by atoms with E-state index < -0.39 is 12.0 Å². The van der Waals surface area contributed by atoms with Gasteiger partial charge in [-0.05, 0) is 78.4 Å². The van der Waals surface area contributed by atoms with Crippen LogP contribution in [0, 0.1) is 5.92 Å². The van der Waals surface area contributed by atoms with Crippen LogP contribution in [0.2, 0.25) is 0 Å². The van der Waals surface area contributed by atoms with Crippen molar-refractivity contribution < 1.29 is 22.6 Å². The lowest BCUT2D eigenvalue weighted by atomic mass is 9.86. The lowest BCUT2D eigenvalue weighted by molar-refractivity contribution is -0.146. The van der Waals surface area contributed by atoms with Crippen LogP contribution in [0.5, 0.6) is 5.75 Å². The molecule has 0 N–H and O–H groups in total. The number of rotatable bonds is 5. The molecule has 184 valence electrons. The molecule has 3 heterocycles. The highest BCUT2D eigenvalue weighted by Crippen LogP contribution is 2.40. The van der Waals surface area contributed by atoms with Crippen molar-refractivity contribution in [2.75, 3.05) is 33.4 Å². The Kier molecular flexibility index (Phi) is 6.37. The van der Waals surface area contributed by atoms with Crippen molar-refractivity contribution in [1.82, 2.24) is 25.1 Å². The maximum absolute atomic E-state index is 13.3. The molecule has 2 aromatic rings. The highest BCUT2D eigenvalue weighted by molar-refractivity contribution is 5.75. The van der Waals surface area contributed by atoms with Crippen molar-refractivity contribution in [3.8, 4) is 11.4 Å². The summed E-state index contributed by atoms with van der Waals surface area (Å²) in [5, 5.41) is 9.95. The third-order valence-corrected chi connectivity index (χ3v) is 7.26. The monoisotopic (exact) mass is 477 g/mol. The molecular formula is C24H30F3N5O2. The van der Waals surface area contributed by atoms with Gasteiger partial charge < -0.3 is 9.47 Å². The number of piperidine rings is 1. The smallest absolute Gasteiger partial charge is 0.453 e. The van der Waals surface area contributed by atoms with E-state index >= 15 is 0 Å². The van der Waals surface area contributed by atoms with Gasteiger partial charge in [-0.1, -0.05) is 19.3 Å². The maximum Gasteiger partial charge on any atom is 0.453 e. The fourth-order valence-corrected chi connectivity index (χ4v) is 5.66. The molecule has 10 heteroatoms. The zero-order chi connectivity index (χ0) is 23.8. The SMILES string of the molecule is COc1ccc(-n2nnnc2C(F)(F)F)cc1C1=CC2(CCCN(CC3CCCCC3)C2)OC1. The topological polar surface area (TPSA) is 65.3 Å². The van der Waals surface area contributed by atoms with Crippen LogP contribution in [-0.2, 0) is 10.9 Å². The van der Waals surface area contributed by atoms with Crippen LogP contribution in [0.15, 0.2) is 24.3 Å². The second kappa shape index (κ2) is 9.30. The Labute approximate surface area is 196 Å². The minimum Gasteiger partial charge on any atom is -0.496 e. The normalized spacial score (nSPS) is 24.5. The summed E-state index contributed by atoms with van der Waals surface area (Å²) >= 11 is 0. The van der Waals surface area contributed by atoms with Crippen LogP contribution < -0.4 is 4.74 Å². The van der Waals surface area contributed by atoms with Gasteiger partial charge in [0, 0.05) is 18.7 Å². The molecule has 0 bridgehead atoms. The van der Waals surface area contributed by atoms with E-state index in [-0.39, 0.29) is 11.3 Å². The van der Waals surface area contributed by atoms with Gasteiger partial charge in [-0.15, -0.1) is 5.10 Å².